The van der Waals surface area contributed by atoms with Crippen molar-refractivity contribution in [1.29, 1.82) is 0 Å². The van der Waals surface area contributed by atoms with Crippen molar-refractivity contribution < 1.29 is 96.6 Å². The van der Waals surface area contributed by atoms with Crippen molar-refractivity contribution in [2.75, 3.05) is 0 Å². The lowest BCUT2D eigenvalue weighted by atomic mass is 9.49. The molecule has 0 saturated heterocycles. The van der Waals surface area contributed by atoms with Crippen LogP contribution in [0.1, 0.15) is 12.8 Å². The van der Waals surface area contributed by atoms with Gasteiger partial charge in [0, 0.05) is 0 Å². The molecule has 0 radical (unpaired) electrons. The first kappa shape index (κ1) is 33.6. The molecule has 2 rings (SSSR count). The first-order valence-corrected chi connectivity index (χ1v) is 9.15. The van der Waals surface area contributed by atoms with Crippen LogP contribution in [0.4, 0.5) is 96.6 Å². The highest BCUT2D eigenvalue weighted by molar-refractivity contribution is 5.36. The van der Waals surface area contributed by atoms with Crippen LogP contribution in [0.25, 0.3) is 0 Å². The highest BCUT2D eigenvalue weighted by Crippen LogP contribution is 2.80. The number of hydrogen-bond acceptors (Lipinski definition) is 2. The summed E-state index contributed by atoms with van der Waals surface area (Å²) >= 11 is 0. The van der Waals surface area contributed by atoms with E-state index in [9.17, 15) is 87.8 Å². The van der Waals surface area contributed by atoms with Crippen LogP contribution in [-0.4, -0.2) is 70.8 Å². The predicted octanol–water partition coefficient (Wildman–Crippen LogP) is 6.38. The lowest BCUT2D eigenvalue weighted by molar-refractivity contribution is -0.515. The summed E-state index contributed by atoms with van der Waals surface area (Å²) in [5.41, 5.74) is -19.1. The number of alkyl halides is 22. The molecule has 24 heteroatoms. The van der Waals surface area contributed by atoms with Crippen LogP contribution in [0, 0.1) is 5.41 Å². The van der Waals surface area contributed by atoms with Crippen LogP contribution in [0.15, 0.2) is 0 Å². The topological polar surface area (TPSA) is 52.0 Å². The molecule has 0 aromatic rings. The van der Waals surface area contributed by atoms with E-state index in [4.69, 9.17) is 0 Å². The lowest BCUT2D eigenvalue weighted by Gasteiger charge is -2.63. The Morgan fingerprint density at radius 3 is 0.769 bits per heavy atom. The zero-order chi connectivity index (χ0) is 31.9. The van der Waals surface area contributed by atoms with Crippen molar-refractivity contribution in [1.82, 2.24) is 0 Å². The number of rotatable bonds is 2. The summed E-state index contributed by atoms with van der Waals surface area (Å²) in [6.07, 6.45) is -28.1. The van der Waals surface area contributed by atoms with E-state index < -0.39 is 89.1 Å². The molecule has 2 fully saturated rings. The van der Waals surface area contributed by atoms with Crippen molar-refractivity contribution in [2.24, 2.45) is 16.9 Å². The van der Waals surface area contributed by atoms with Gasteiger partial charge in [0.15, 0.2) is 0 Å². The third-order valence-electron chi connectivity index (χ3n) is 6.73. The van der Waals surface area contributed by atoms with Gasteiger partial charge in [-0.15, -0.1) is 0 Å². The van der Waals surface area contributed by atoms with Gasteiger partial charge in [-0.3, -0.25) is 11.5 Å². The largest absolute Gasteiger partial charge is 0.410 e. The SMILES string of the molecule is NC1(F)C(F)(F)CC(F)(C(C(F)(F)F)(C(F)(F)F)C2(F)CC(F)(F)C(N)(F)C(F)(F)C2(F)F)C(F)(F)C1(F)F. The monoisotopic (exact) mass is 634 g/mol. The van der Waals surface area contributed by atoms with Gasteiger partial charge in [0.1, 0.15) is 0 Å². The van der Waals surface area contributed by atoms with Gasteiger partial charge in [0.25, 0.3) is 11.6 Å². The molecule has 0 bridgehead atoms. The maximum atomic E-state index is 15.5. The van der Waals surface area contributed by atoms with E-state index in [0.29, 0.717) is 0 Å². The van der Waals surface area contributed by atoms with Gasteiger partial charge in [-0.2, -0.15) is 61.5 Å². The number of nitrogens with two attached hydrogens (primary N) is 2. The molecule has 0 spiro atoms. The van der Waals surface area contributed by atoms with E-state index in [-0.39, 0.29) is 0 Å². The Kier molecular flexibility index (Phi) is 6.38. The van der Waals surface area contributed by atoms with Crippen molar-refractivity contribution >= 4 is 0 Å². The van der Waals surface area contributed by atoms with E-state index in [2.05, 4.69) is 11.5 Å². The molecule has 2 aliphatic carbocycles. The van der Waals surface area contributed by atoms with Gasteiger partial charge in [0.05, 0.1) is 12.8 Å². The third-order valence-corrected chi connectivity index (χ3v) is 6.73. The second kappa shape index (κ2) is 7.41. The molecule has 4 atom stereocenters. The third kappa shape index (κ3) is 3.07. The number of hydrogen-bond donors (Lipinski definition) is 2. The molecule has 0 heterocycles. The molecule has 232 valence electrons. The van der Waals surface area contributed by atoms with Gasteiger partial charge in [-0.05, 0) is 0 Å². The molecular formula is C15H8F22N2. The molecule has 2 saturated carbocycles. The standard InChI is InChI=1S/C15H8F22N2/c16-3(1-5(18,19)12(30,38)10(26,27)8(3,22)23)7(14(32,33)34,15(35,36)37)4(17)2-6(20,21)13(31,39)11(28,29)9(4,24)25/h1-2,38-39H2. The summed E-state index contributed by atoms with van der Waals surface area (Å²) in [6, 6.07) is 0. The van der Waals surface area contributed by atoms with Gasteiger partial charge in [-0.1, -0.05) is 0 Å². The first-order chi connectivity index (χ1) is 16.4. The Morgan fingerprint density at radius 2 is 0.590 bits per heavy atom. The lowest BCUT2D eigenvalue weighted by Crippen LogP contribution is -2.91. The van der Waals surface area contributed by atoms with Crippen LogP contribution in [0.5, 0.6) is 0 Å². The maximum absolute atomic E-state index is 15.5. The summed E-state index contributed by atoms with van der Waals surface area (Å²) < 4.78 is 312. The summed E-state index contributed by atoms with van der Waals surface area (Å²) in [4.78, 5) is 0. The second-order valence-electron chi connectivity index (χ2n) is 8.83. The van der Waals surface area contributed by atoms with Crippen molar-refractivity contribution in [2.45, 2.75) is 83.7 Å². The second-order valence-corrected chi connectivity index (χ2v) is 8.83. The molecule has 4 N–H and O–H groups in total. The van der Waals surface area contributed by atoms with E-state index in [0.717, 1.165) is 0 Å². The molecular weight excluding hydrogens is 626 g/mol. The van der Waals surface area contributed by atoms with Gasteiger partial charge in [-0.25, -0.2) is 35.1 Å². The molecule has 2 aliphatic rings. The van der Waals surface area contributed by atoms with Crippen LogP contribution in [0.3, 0.4) is 0 Å². The van der Waals surface area contributed by atoms with Crippen LogP contribution < -0.4 is 11.5 Å². The first-order valence-electron chi connectivity index (χ1n) is 9.15. The zero-order valence-electron chi connectivity index (χ0n) is 17.4. The fourth-order valence-corrected chi connectivity index (χ4v) is 4.61. The van der Waals surface area contributed by atoms with Crippen LogP contribution >= 0.6 is 0 Å². The molecule has 0 aromatic heterocycles. The minimum atomic E-state index is -9.18. The Labute approximate surface area is 198 Å². The molecule has 39 heavy (non-hydrogen) atoms. The zero-order valence-corrected chi connectivity index (χ0v) is 17.4. The van der Waals surface area contributed by atoms with Crippen molar-refractivity contribution in [3.05, 3.63) is 0 Å². The highest BCUT2D eigenvalue weighted by atomic mass is 19.4. The minimum Gasteiger partial charge on any atom is -0.289 e. The quantitative estimate of drug-likeness (QED) is 0.274. The van der Waals surface area contributed by atoms with E-state index in [1.165, 1.54) is 0 Å². The highest BCUT2D eigenvalue weighted by Gasteiger charge is 3.06. The molecule has 0 amide bonds. The Bertz CT molecular complexity index is 926. The predicted molar refractivity (Wildman–Crippen MR) is 77.2 cm³/mol. The molecule has 2 nitrogen and oxygen atoms in total. The molecule has 0 aliphatic heterocycles. The normalized spacial score (nSPS) is 41.2. The summed E-state index contributed by atoms with van der Waals surface area (Å²) in [7, 11) is 0. The minimum absolute atomic E-state index is 3.55. The Hall–Kier alpha value is -1.62. The van der Waals surface area contributed by atoms with E-state index in [1.54, 1.807) is 0 Å². The Balaban J connectivity index is 3.36. The van der Waals surface area contributed by atoms with Gasteiger partial charge < -0.3 is 0 Å². The van der Waals surface area contributed by atoms with E-state index >= 15 is 8.78 Å². The van der Waals surface area contributed by atoms with Gasteiger partial charge >= 0.3 is 47.9 Å². The van der Waals surface area contributed by atoms with E-state index in [1.807, 2.05) is 0 Å². The fraction of sp³-hybridized carbons (Fsp3) is 1.00. The smallest absolute Gasteiger partial charge is 0.289 e. The van der Waals surface area contributed by atoms with Crippen molar-refractivity contribution in [3.8, 4) is 0 Å². The van der Waals surface area contributed by atoms with Gasteiger partial charge in [0.2, 0.25) is 16.8 Å². The molecule has 0 aromatic carbocycles. The van der Waals surface area contributed by atoms with Crippen LogP contribution in [-0.2, 0) is 0 Å². The van der Waals surface area contributed by atoms with Crippen LogP contribution in [0.2, 0.25) is 0 Å². The average Bonchev–Trinajstić information content (AvgIpc) is 2.62. The summed E-state index contributed by atoms with van der Waals surface area (Å²) in [5.74, 6) is -61.3. The average molecular weight is 634 g/mol. The Morgan fingerprint density at radius 1 is 0.385 bits per heavy atom. The fourth-order valence-electron chi connectivity index (χ4n) is 4.61. The number of halogens is 22. The summed E-state index contributed by atoms with van der Waals surface area (Å²) in [5, 5.41) is 0. The maximum Gasteiger partial charge on any atom is 0.410 e. The summed E-state index contributed by atoms with van der Waals surface area (Å²) in [6.45, 7) is 0. The van der Waals surface area contributed by atoms with Crippen molar-refractivity contribution in [3.63, 3.8) is 0 Å². The molecule has 4 unspecified atom stereocenters.